The summed E-state index contributed by atoms with van der Waals surface area (Å²) < 4.78 is 28.5. The number of anilines is 1. The van der Waals surface area contributed by atoms with Gasteiger partial charge in [-0.25, -0.2) is 9.97 Å². The number of aromatic nitrogens is 2. The van der Waals surface area contributed by atoms with Crippen LogP contribution in [-0.4, -0.2) is 66.0 Å². The number of benzene rings is 1. The highest BCUT2D eigenvalue weighted by Gasteiger charge is 2.22. The van der Waals surface area contributed by atoms with E-state index in [2.05, 4.69) is 20.0 Å². The topological polar surface area (TPSA) is 87.7 Å². The molecule has 2 heterocycles. The van der Waals surface area contributed by atoms with E-state index in [1.54, 1.807) is 23.4 Å². The fourth-order valence-electron chi connectivity index (χ4n) is 2.77. The standard InChI is InChI=1S/C18H19F2N5O3/c19-17(20)28-14-4-2-13(3-5-14)16(27)23-12-15(26)24-8-10-25(11-9-24)18-21-6-1-7-22-18/h1-7,17H,8-12H2,(H,23,27). The second-order valence-electron chi connectivity index (χ2n) is 6.00. The SMILES string of the molecule is O=C(NCC(=O)N1CCN(c2ncccn2)CC1)c1ccc(OC(F)F)cc1. The summed E-state index contributed by atoms with van der Waals surface area (Å²) in [5, 5.41) is 2.54. The molecule has 2 amide bonds. The van der Waals surface area contributed by atoms with E-state index in [9.17, 15) is 18.4 Å². The summed E-state index contributed by atoms with van der Waals surface area (Å²) in [4.78, 5) is 36.5. The van der Waals surface area contributed by atoms with Gasteiger partial charge in [0.05, 0.1) is 6.54 Å². The first kappa shape index (κ1) is 19.5. The molecule has 0 saturated carbocycles. The normalized spacial score (nSPS) is 14.1. The molecule has 10 heteroatoms. The second-order valence-corrected chi connectivity index (χ2v) is 6.00. The van der Waals surface area contributed by atoms with Crippen LogP contribution in [0.1, 0.15) is 10.4 Å². The van der Waals surface area contributed by atoms with E-state index < -0.39 is 12.5 Å². The van der Waals surface area contributed by atoms with Gasteiger partial charge in [-0.05, 0) is 30.3 Å². The number of hydrogen-bond donors (Lipinski definition) is 1. The molecule has 1 aromatic carbocycles. The van der Waals surface area contributed by atoms with Crippen molar-refractivity contribution in [2.45, 2.75) is 6.61 Å². The third kappa shape index (κ3) is 5.12. The first-order valence-electron chi connectivity index (χ1n) is 8.66. The van der Waals surface area contributed by atoms with Crippen LogP contribution in [0.15, 0.2) is 42.7 Å². The van der Waals surface area contributed by atoms with Gasteiger partial charge in [0.2, 0.25) is 11.9 Å². The predicted molar refractivity (Wildman–Crippen MR) is 96.2 cm³/mol. The molecule has 0 bridgehead atoms. The van der Waals surface area contributed by atoms with Crippen LogP contribution in [0, 0.1) is 0 Å². The minimum Gasteiger partial charge on any atom is -0.435 e. The Morgan fingerprint density at radius 2 is 1.71 bits per heavy atom. The molecule has 148 valence electrons. The summed E-state index contributed by atoms with van der Waals surface area (Å²) in [5.41, 5.74) is 0.250. The summed E-state index contributed by atoms with van der Waals surface area (Å²) in [5.74, 6) is -0.0713. The van der Waals surface area contributed by atoms with E-state index in [1.807, 2.05) is 4.90 Å². The molecule has 0 spiro atoms. The van der Waals surface area contributed by atoms with E-state index in [0.29, 0.717) is 32.1 Å². The lowest BCUT2D eigenvalue weighted by atomic mass is 10.2. The van der Waals surface area contributed by atoms with Crippen molar-refractivity contribution in [3.05, 3.63) is 48.3 Å². The van der Waals surface area contributed by atoms with E-state index in [4.69, 9.17) is 0 Å². The Kier molecular flexibility index (Phi) is 6.30. The molecule has 2 aromatic rings. The number of nitrogens with zero attached hydrogens (tertiary/aromatic N) is 4. The number of hydrogen-bond acceptors (Lipinski definition) is 6. The maximum atomic E-state index is 12.3. The van der Waals surface area contributed by atoms with Gasteiger partial charge in [-0.1, -0.05) is 0 Å². The highest BCUT2D eigenvalue weighted by atomic mass is 19.3. The molecule has 1 aliphatic rings. The summed E-state index contributed by atoms with van der Waals surface area (Å²) in [6.45, 7) is -0.842. The molecular formula is C18H19F2N5O3. The maximum Gasteiger partial charge on any atom is 0.387 e. The highest BCUT2D eigenvalue weighted by molar-refractivity contribution is 5.96. The Bertz CT molecular complexity index is 797. The fraction of sp³-hybridized carbons (Fsp3) is 0.333. The van der Waals surface area contributed by atoms with Crippen LogP contribution in [0.2, 0.25) is 0 Å². The number of carbonyl (C=O) groups is 2. The molecule has 1 aliphatic heterocycles. The first-order valence-corrected chi connectivity index (χ1v) is 8.66. The second kappa shape index (κ2) is 9.07. The van der Waals surface area contributed by atoms with Crippen LogP contribution in [0.5, 0.6) is 5.75 Å². The van der Waals surface area contributed by atoms with E-state index >= 15 is 0 Å². The van der Waals surface area contributed by atoms with Gasteiger partial charge in [0.15, 0.2) is 0 Å². The zero-order chi connectivity index (χ0) is 19.9. The van der Waals surface area contributed by atoms with Gasteiger partial charge in [-0.3, -0.25) is 9.59 Å². The first-order chi connectivity index (χ1) is 13.5. The van der Waals surface area contributed by atoms with Crippen molar-refractivity contribution in [2.75, 3.05) is 37.6 Å². The summed E-state index contributed by atoms with van der Waals surface area (Å²) in [6.07, 6.45) is 3.34. The lowest BCUT2D eigenvalue weighted by Crippen LogP contribution is -2.51. The van der Waals surface area contributed by atoms with Crippen LogP contribution in [0.25, 0.3) is 0 Å². The van der Waals surface area contributed by atoms with Gasteiger partial charge in [0.25, 0.3) is 5.91 Å². The van der Waals surface area contributed by atoms with Crippen LogP contribution in [-0.2, 0) is 4.79 Å². The number of carbonyl (C=O) groups excluding carboxylic acids is 2. The van der Waals surface area contributed by atoms with Crippen LogP contribution >= 0.6 is 0 Å². The lowest BCUT2D eigenvalue weighted by molar-refractivity contribution is -0.130. The average molecular weight is 391 g/mol. The van der Waals surface area contributed by atoms with Gasteiger partial charge in [0.1, 0.15) is 5.75 Å². The molecule has 1 aromatic heterocycles. The number of amides is 2. The molecule has 0 radical (unpaired) electrons. The monoisotopic (exact) mass is 391 g/mol. The molecule has 0 unspecified atom stereocenters. The third-order valence-corrected chi connectivity index (χ3v) is 4.21. The molecule has 1 N–H and O–H groups in total. The summed E-state index contributed by atoms with van der Waals surface area (Å²) >= 11 is 0. The van der Waals surface area contributed by atoms with Crippen molar-refractivity contribution in [3.8, 4) is 5.75 Å². The van der Waals surface area contributed by atoms with Gasteiger partial charge in [-0.2, -0.15) is 8.78 Å². The van der Waals surface area contributed by atoms with Crippen molar-refractivity contribution in [3.63, 3.8) is 0 Å². The Morgan fingerprint density at radius 3 is 2.32 bits per heavy atom. The van der Waals surface area contributed by atoms with Gasteiger partial charge >= 0.3 is 6.61 Å². The minimum atomic E-state index is -2.92. The van der Waals surface area contributed by atoms with Crippen LogP contribution in [0.3, 0.4) is 0 Å². The molecule has 8 nitrogen and oxygen atoms in total. The predicted octanol–water partition coefficient (Wildman–Crippen LogP) is 1.16. The van der Waals surface area contributed by atoms with Crippen molar-refractivity contribution < 1.29 is 23.1 Å². The van der Waals surface area contributed by atoms with Crippen LogP contribution in [0.4, 0.5) is 14.7 Å². The number of alkyl halides is 2. The third-order valence-electron chi connectivity index (χ3n) is 4.21. The molecule has 28 heavy (non-hydrogen) atoms. The van der Waals surface area contributed by atoms with Crippen molar-refractivity contribution in [2.24, 2.45) is 0 Å². The van der Waals surface area contributed by atoms with E-state index in [1.165, 1.54) is 24.3 Å². The number of rotatable bonds is 6. The highest BCUT2D eigenvalue weighted by Crippen LogP contribution is 2.15. The maximum absolute atomic E-state index is 12.3. The summed E-state index contributed by atoms with van der Waals surface area (Å²) in [7, 11) is 0. The molecular weight excluding hydrogens is 372 g/mol. The van der Waals surface area contributed by atoms with Gasteiger partial charge in [-0.15, -0.1) is 0 Å². The van der Waals surface area contributed by atoms with Crippen LogP contribution < -0.4 is 15.0 Å². The lowest BCUT2D eigenvalue weighted by Gasteiger charge is -2.34. The molecule has 3 rings (SSSR count). The zero-order valence-electron chi connectivity index (χ0n) is 14.9. The number of ether oxygens (including phenoxy) is 1. The number of nitrogens with one attached hydrogen (secondary N) is 1. The Morgan fingerprint density at radius 1 is 1.07 bits per heavy atom. The summed E-state index contributed by atoms with van der Waals surface area (Å²) in [6, 6.07) is 7.00. The number of piperazine rings is 1. The Labute approximate surface area is 160 Å². The molecule has 0 aliphatic carbocycles. The van der Waals surface area contributed by atoms with Crippen molar-refractivity contribution >= 4 is 17.8 Å². The number of halogens is 2. The average Bonchev–Trinajstić information content (AvgIpc) is 2.72. The molecule has 1 saturated heterocycles. The minimum absolute atomic E-state index is 0.0390. The van der Waals surface area contributed by atoms with Crippen molar-refractivity contribution in [1.82, 2.24) is 20.2 Å². The Balaban J connectivity index is 1.44. The molecule has 1 fully saturated rings. The fourth-order valence-corrected chi connectivity index (χ4v) is 2.77. The Hall–Kier alpha value is -3.30. The van der Waals surface area contributed by atoms with Crippen molar-refractivity contribution in [1.29, 1.82) is 0 Å². The zero-order valence-corrected chi connectivity index (χ0v) is 14.9. The smallest absolute Gasteiger partial charge is 0.387 e. The van der Waals surface area contributed by atoms with Gasteiger partial charge < -0.3 is 19.9 Å². The quantitative estimate of drug-likeness (QED) is 0.795. The van der Waals surface area contributed by atoms with Gasteiger partial charge in [0, 0.05) is 44.1 Å². The largest absolute Gasteiger partial charge is 0.435 e. The van der Waals surface area contributed by atoms with E-state index in [0.717, 1.165) is 0 Å². The molecule has 0 atom stereocenters. The van der Waals surface area contributed by atoms with E-state index in [-0.39, 0.29) is 23.8 Å².